The second-order valence-corrected chi connectivity index (χ2v) is 8.10. The minimum atomic E-state index is 0.0183. The molecule has 0 saturated carbocycles. The zero-order valence-corrected chi connectivity index (χ0v) is 17.8. The first-order valence-corrected chi connectivity index (χ1v) is 11.0. The second-order valence-electron chi connectivity index (χ2n) is 8.10. The molecule has 1 amide bonds. The lowest BCUT2D eigenvalue weighted by atomic mass is 10.0. The van der Waals surface area contributed by atoms with Gasteiger partial charge in [0, 0.05) is 25.3 Å². The number of nitrogens with two attached hydrogens (primary N) is 1. The molecular formula is C21H35N5O3. The van der Waals surface area contributed by atoms with Crippen molar-refractivity contribution in [2.45, 2.75) is 64.9 Å². The molecule has 0 aliphatic carbocycles. The summed E-state index contributed by atoms with van der Waals surface area (Å²) in [6.07, 6.45) is 6.46. The predicted molar refractivity (Wildman–Crippen MR) is 113 cm³/mol. The van der Waals surface area contributed by atoms with Gasteiger partial charge in [-0.1, -0.05) is 13.3 Å². The summed E-state index contributed by atoms with van der Waals surface area (Å²) in [7, 11) is 0. The molecule has 0 spiro atoms. The molecule has 3 N–H and O–H groups in total. The molecule has 8 nitrogen and oxygen atoms in total. The lowest BCUT2D eigenvalue weighted by Gasteiger charge is -2.22. The third-order valence-electron chi connectivity index (χ3n) is 5.64. The molecule has 1 saturated heterocycles. The summed E-state index contributed by atoms with van der Waals surface area (Å²) in [4.78, 5) is 23.0. The molecule has 0 aromatic carbocycles. The van der Waals surface area contributed by atoms with E-state index >= 15 is 0 Å². The summed E-state index contributed by atoms with van der Waals surface area (Å²) in [5, 5.41) is 3.54. The zero-order valence-electron chi connectivity index (χ0n) is 17.8. The van der Waals surface area contributed by atoms with Crippen LogP contribution in [0.25, 0.3) is 0 Å². The van der Waals surface area contributed by atoms with Gasteiger partial charge in [-0.3, -0.25) is 9.69 Å². The van der Waals surface area contributed by atoms with E-state index < -0.39 is 0 Å². The van der Waals surface area contributed by atoms with Crippen LogP contribution >= 0.6 is 0 Å². The third kappa shape index (κ3) is 6.02. The molecule has 8 heteroatoms. The van der Waals surface area contributed by atoms with Gasteiger partial charge in [-0.15, -0.1) is 0 Å². The van der Waals surface area contributed by atoms with Gasteiger partial charge in [0.1, 0.15) is 11.6 Å². The Bertz CT molecular complexity index is 679. The van der Waals surface area contributed by atoms with E-state index in [2.05, 4.69) is 22.2 Å². The molecule has 2 aliphatic rings. The van der Waals surface area contributed by atoms with Crippen molar-refractivity contribution in [2.24, 2.45) is 5.92 Å². The van der Waals surface area contributed by atoms with Gasteiger partial charge >= 0.3 is 6.01 Å². The van der Waals surface area contributed by atoms with Crippen LogP contribution in [-0.4, -0.2) is 54.8 Å². The van der Waals surface area contributed by atoms with Crippen molar-refractivity contribution < 1.29 is 14.3 Å². The van der Waals surface area contributed by atoms with E-state index in [-0.39, 0.29) is 24.4 Å². The molecule has 1 fully saturated rings. The fraction of sp³-hybridized carbons (Fsp3) is 0.762. The van der Waals surface area contributed by atoms with Crippen molar-refractivity contribution in [1.82, 2.24) is 15.3 Å². The average Bonchev–Trinajstić information content (AvgIpc) is 3.01. The Morgan fingerprint density at radius 3 is 2.86 bits per heavy atom. The first-order chi connectivity index (χ1) is 14.1. The lowest BCUT2D eigenvalue weighted by Crippen LogP contribution is -2.30. The highest BCUT2D eigenvalue weighted by atomic mass is 16.5. The number of anilines is 2. The van der Waals surface area contributed by atoms with Gasteiger partial charge in [-0.25, -0.2) is 0 Å². The Morgan fingerprint density at radius 1 is 1.31 bits per heavy atom. The number of nitrogens with one attached hydrogen (secondary N) is 1. The number of amides is 1. The maximum atomic E-state index is 12.5. The zero-order chi connectivity index (χ0) is 20.6. The monoisotopic (exact) mass is 405 g/mol. The summed E-state index contributed by atoms with van der Waals surface area (Å²) >= 11 is 0. The largest absolute Gasteiger partial charge is 0.460 e. The Labute approximate surface area is 173 Å². The Balaban J connectivity index is 1.48. The van der Waals surface area contributed by atoms with Crippen LogP contribution in [0.15, 0.2) is 0 Å². The number of unbranched alkanes of at least 4 members (excludes halogenated alkanes) is 1. The maximum absolute atomic E-state index is 12.5. The van der Waals surface area contributed by atoms with E-state index in [1.807, 2.05) is 6.92 Å². The van der Waals surface area contributed by atoms with E-state index in [4.69, 9.17) is 15.2 Å². The van der Waals surface area contributed by atoms with E-state index in [0.717, 1.165) is 76.3 Å². The summed E-state index contributed by atoms with van der Waals surface area (Å²) in [6.45, 7) is 8.53. The van der Waals surface area contributed by atoms with Crippen LogP contribution < -0.4 is 20.7 Å². The minimum Gasteiger partial charge on any atom is -0.460 e. The normalized spacial score (nSPS) is 18.1. The molecule has 1 aromatic heterocycles. The van der Waals surface area contributed by atoms with Gasteiger partial charge in [0.15, 0.2) is 0 Å². The molecule has 29 heavy (non-hydrogen) atoms. The van der Waals surface area contributed by atoms with Gasteiger partial charge < -0.3 is 20.5 Å². The second kappa shape index (κ2) is 10.7. The van der Waals surface area contributed by atoms with Crippen molar-refractivity contribution in [1.29, 1.82) is 0 Å². The van der Waals surface area contributed by atoms with Gasteiger partial charge in [0.05, 0.1) is 12.5 Å². The number of rotatable bonds is 11. The fourth-order valence-electron chi connectivity index (χ4n) is 3.93. The first-order valence-electron chi connectivity index (χ1n) is 11.0. The molecule has 0 bridgehead atoms. The molecule has 3 rings (SSSR count). The molecule has 162 valence electrons. The highest BCUT2D eigenvalue weighted by Crippen LogP contribution is 2.32. The summed E-state index contributed by atoms with van der Waals surface area (Å²) < 4.78 is 11.2. The number of carbonyl (C=O) groups excluding carboxylic acids is 1. The standard InChI is InChI=1S/C21H35N5O3/c1-3-6-15(2)29-21-24-19(22)17-13-18(27)26(20(17)25-21)10-5-4-9-23-14-16-7-11-28-12-8-16/h15-16,23H,3-14H2,1-2H3,(H2,22,24,25)/t15-/m0/s1. The summed E-state index contributed by atoms with van der Waals surface area (Å²) in [6, 6.07) is 0.264. The highest BCUT2D eigenvalue weighted by molar-refractivity contribution is 6.01. The quantitative estimate of drug-likeness (QED) is 0.545. The number of carbonyl (C=O) groups is 1. The number of hydrogen-bond donors (Lipinski definition) is 2. The van der Waals surface area contributed by atoms with Crippen molar-refractivity contribution in [2.75, 3.05) is 43.5 Å². The van der Waals surface area contributed by atoms with Crippen LogP contribution in [-0.2, 0) is 16.0 Å². The lowest BCUT2D eigenvalue weighted by molar-refractivity contribution is -0.117. The third-order valence-corrected chi connectivity index (χ3v) is 5.64. The van der Waals surface area contributed by atoms with Crippen molar-refractivity contribution in [3.8, 4) is 6.01 Å². The van der Waals surface area contributed by atoms with Crippen molar-refractivity contribution in [3.05, 3.63) is 5.56 Å². The summed E-state index contributed by atoms with van der Waals surface area (Å²) in [5.41, 5.74) is 6.81. The van der Waals surface area contributed by atoms with Crippen LogP contribution in [0, 0.1) is 5.92 Å². The topological polar surface area (TPSA) is 103 Å². The van der Waals surface area contributed by atoms with Crippen LogP contribution in [0.3, 0.4) is 0 Å². The fourth-order valence-corrected chi connectivity index (χ4v) is 3.93. The number of fused-ring (bicyclic) bond motifs is 1. The average molecular weight is 406 g/mol. The molecule has 1 aromatic rings. The minimum absolute atomic E-state index is 0.0183. The van der Waals surface area contributed by atoms with Gasteiger partial charge in [0.2, 0.25) is 5.91 Å². The van der Waals surface area contributed by atoms with Crippen LogP contribution in [0.4, 0.5) is 11.6 Å². The van der Waals surface area contributed by atoms with Crippen molar-refractivity contribution in [3.63, 3.8) is 0 Å². The Kier molecular flexibility index (Phi) is 8.06. The highest BCUT2D eigenvalue weighted by Gasteiger charge is 2.32. The molecular weight excluding hydrogens is 370 g/mol. The van der Waals surface area contributed by atoms with Gasteiger partial charge in [-0.05, 0) is 58.0 Å². The molecule has 3 heterocycles. The predicted octanol–water partition coefficient (Wildman–Crippen LogP) is 2.31. The number of nitrogens with zero attached hydrogens (tertiary/aromatic N) is 3. The van der Waals surface area contributed by atoms with E-state index in [0.29, 0.717) is 18.2 Å². The smallest absolute Gasteiger partial charge is 0.320 e. The van der Waals surface area contributed by atoms with E-state index in [1.165, 1.54) is 0 Å². The van der Waals surface area contributed by atoms with Crippen LogP contribution in [0.1, 0.15) is 57.9 Å². The van der Waals surface area contributed by atoms with E-state index in [9.17, 15) is 4.79 Å². The van der Waals surface area contributed by atoms with Crippen LogP contribution in [0.5, 0.6) is 6.01 Å². The van der Waals surface area contributed by atoms with Crippen molar-refractivity contribution >= 4 is 17.5 Å². The maximum Gasteiger partial charge on any atom is 0.320 e. The van der Waals surface area contributed by atoms with Gasteiger partial charge in [0.25, 0.3) is 0 Å². The first kappa shape index (κ1) is 21.8. The molecule has 0 radical (unpaired) electrons. The Morgan fingerprint density at radius 2 is 2.10 bits per heavy atom. The number of ether oxygens (including phenoxy) is 2. The number of aromatic nitrogens is 2. The molecule has 0 unspecified atom stereocenters. The Hall–Kier alpha value is -1.93. The van der Waals surface area contributed by atoms with Gasteiger partial charge in [-0.2, -0.15) is 9.97 Å². The number of nitrogen functional groups attached to an aromatic ring is 1. The summed E-state index contributed by atoms with van der Waals surface area (Å²) in [5.74, 6) is 1.73. The number of hydrogen-bond acceptors (Lipinski definition) is 7. The van der Waals surface area contributed by atoms with Crippen LogP contribution in [0.2, 0.25) is 0 Å². The molecule has 1 atom stereocenters. The van der Waals surface area contributed by atoms with E-state index in [1.54, 1.807) is 4.90 Å². The SMILES string of the molecule is CCC[C@H](C)Oc1nc(N)c2c(n1)N(CCCCNCC1CCOCC1)C(=O)C2. The molecule has 2 aliphatic heterocycles.